The Balaban J connectivity index is 2.15. The maximum Gasteiger partial charge on any atom is 0.124 e. The van der Waals surface area contributed by atoms with Crippen LogP contribution in [0.1, 0.15) is 16.5 Å². The summed E-state index contributed by atoms with van der Waals surface area (Å²) in [5.74, 6) is -0.374. The van der Waals surface area contributed by atoms with Crippen molar-refractivity contribution in [3.05, 3.63) is 51.2 Å². The number of aromatic nitrogens is 1. The maximum atomic E-state index is 12.8. The summed E-state index contributed by atoms with van der Waals surface area (Å²) in [6.45, 7) is 0. The summed E-state index contributed by atoms with van der Waals surface area (Å²) >= 11 is 7.25. The van der Waals surface area contributed by atoms with Crippen LogP contribution in [0.5, 0.6) is 0 Å². The van der Waals surface area contributed by atoms with E-state index in [4.69, 9.17) is 11.6 Å². The van der Waals surface area contributed by atoms with Gasteiger partial charge in [-0.3, -0.25) is 4.98 Å². The Morgan fingerprint density at radius 2 is 2.31 bits per heavy atom. The fourth-order valence-corrected chi connectivity index (χ4v) is 2.24. The molecule has 0 fully saturated rings. The molecule has 2 aromatic rings. The fraction of sp³-hybridized carbons (Fsp3) is 0.182. The van der Waals surface area contributed by atoms with Crippen LogP contribution in [-0.2, 0) is 6.42 Å². The average molecular weight is 258 g/mol. The molecule has 2 rings (SSSR count). The van der Waals surface area contributed by atoms with Gasteiger partial charge in [-0.15, -0.1) is 11.3 Å². The Bertz CT molecular complexity index is 475. The molecule has 0 spiro atoms. The van der Waals surface area contributed by atoms with Gasteiger partial charge in [-0.05, 0) is 17.7 Å². The van der Waals surface area contributed by atoms with Crippen molar-refractivity contribution in [1.29, 1.82) is 0 Å². The van der Waals surface area contributed by atoms with Crippen LogP contribution in [0.2, 0.25) is 5.02 Å². The molecule has 0 saturated carbocycles. The molecule has 0 radical (unpaired) electrons. The average Bonchev–Trinajstić information content (AvgIpc) is 2.75. The minimum Gasteiger partial charge on any atom is -0.387 e. The normalized spacial score (nSPS) is 12.7. The van der Waals surface area contributed by atoms with Crippen molar-refractivity contribution in [1.82, 2.24) is 4.98 Å². The molecule has 0 aliphatic carbocycles. The fourth-order valence-electron chi connectivity index (χ4n) is 1.39. The van der Waals surface area contributed by atoms with Crippen LogP contribution in [0.15, 0.2) is 29.9 Å². The highest BCUT2D eigenvalue weighted by Crippen LogP contribution is 2.25. The number of aliphatic hydroxyl groups is 1. The molecule has 1 aromatic heterocycles. The molecule has 0 amide bonds. The minimum atomic E-state index is -0.643. The molecule has 2 nitrogen and oxygen atoms in total. The quantitative estimate of drug-likeness (QED) is 0.916. The molecule has 0 aliphatic heterocycles. The Labute approximate surface area is 101 Å². The highest BCUT2D eigenvalue weighted by atomic mass is 35.5. The number of hydrogen-bond acceptors (Lipinski definition) is 3. The largest absolute Gasteiger partial charge is 0.387 e. The van der Waals surface area contributed by atoms with Crippen LogP contribution < -0.4 is 0 Å². The Hall–Kier alpha value is -0.970. The predicted octanol–water partition coefficient (Wildman–Crippen LogP) is 3.21. The van der Waals surface area contributed by atoms with Gasteiger partial charge < -0.3 is 5.11 Å². The third kappa shape index (κ3) is 2.58. The number of thiazole rings is 1. The summed E-state index contributed by atoms with van der Waals surface area (Å²) in [6, 6.07) is 4.17. The van der Waals surface area contributed by atoms with E-state index in [9.17, 15) is 9.50 Å². The van der Waals surface area contributed by atoms with E-state index in [1.807, 2.05) is 0 Å². The smallest absolute Gasteiger partial charge is 0.124 e. The Morgan fingerprint density at radius 3 is 2.94 bits per heavy atom. The zero-order chi connectivity index (χ0) is 11.5. The summed E-state index contributed by atoms with van der Waals surface area (Å²) in [7, 11) is 0. The van der Waals surface area contributed by atoms with Crippen LogP contribution in [0.25, 0.3) is 0 Å². The molecule has 1 atom stereocenters. The van der Waals surface area contributed by atoms with Gasteiger partial charge in [0.25, 0.3) is 0 Å². The summed E-state index contributed by atoms with van der Waals surface area (Å²) in [5, 5.41) is 10.2. The van der Waals surface area contributed by atoms with E-state index in [-0.39, 0.29) is 5.82 Å². The highest BCUT2D eigenvalue weighted by molar-refractivity contribution is 7.09. The molecule has 0 bridgehead atoms. The molecule has 1 N–H and O–H groups in total. The lowest BCUT2D eigenvalue weighted by molar-refractivity contribution is 0.182. The van der Waals surface area contributed by atoms with Crippen LogP contribution in [0.3, 0.4) is 0 Å². The molecule has 1 heterocycles. The van der Waals surface area contributed by atoms with Crippen molar-refractivity contribution >= 4 is 22.9 Å². The lowest BCUT2D eigenvalue weighted by Gasteiger charge is -2.09. The van der Waals surface area contributed by atoms with Crippen LogP contribution >= 0.6 is 22.9 Å². The monoisotopic (exact) mass is 257 g/mol. The lowest BCUT2D eigenvalue weighted by atomic mass is 10.1. The molecule has 1 unspecified atom stereocenters. The van der Waals surface area contributed by atoms with Gasteiger partial charge in [-0.25, -0.2) is 4.39 Å². The third-order valence-electron chi connectivity index (χ3n) is 2.21. The van der Waals surface area contributed by atoms with E-state index in [0.717, 1.165) is 10.4 Å². The SMILES string of the molecule is OC(Cc1ccc(F)cc1Cl)c1cncs1. The van der Waals surface area contributed by atoms with E-state index in [1.165, 1.54) is 23.5 Å². The second-order valence-corrected chi connectivity index (χ2v) is 4.68. The van der Waals surface area contributed by atoms with E-state index >= 15 is 0 Å². The Kier molecular flexibility index (Phi) is 3.53. The molecule has 0 saturated heterocycles. The molecule has 84 valence electrons. The zero-order valence-electron chi connectivity index (χ0n) is 8.23. The van der Waals surface area contributed by atoms with E-state index in [0.29, 0.717) is 11.4 Å². The number of hydrogen-bond donors (Lipinski definition) is 1. The van der Waals surface area contributed by atoms with Crippen molar-refractivity contribution in [2.24, 2.45) is 0 Å². The number of halogens is 2. The lowest BCUT2D eigenvalue weighted by Crippen LogP contribution is -2.00. The summed E-state index contributed by atoms with van der Waals surface area (Å²) in [6.07, 6.45) is 1.34. The first-order valence-electron chi connectivity index (χ1n) is 4.67. The van der Waals surface area contributed by atoms with E-state index in [1.54, 1.807) is 17.8 Å². The topological polar surface area (TPSA) is 33.1 Å². The summed E-state index contributed by atoms with van der Waals surface area (Å²) < 4.78 is 12.8. The van der Waals surface area contributed by atoms with Crippen LogP contribution in [0, 0.1) is 5.82 Å². The van der Waals surface area contributed by atoms with Crippen molar-refractivity contribution in [3.8, 4) is 0 Å². The third-order valence-corrected chi connectivity index (χ3v) is 3.44. The van der Waals surface area contributed by atoms with Gasteiger partial charge in [-0.2, -0.15) is 0 Å². The standard InChI is InChI=1S/C11H9ClFNOS/c12-9-4-8(13)2-1-7(9)3-10(15)11-5-14-6-16-11/h1-2,4-6,10,15H,3H2. The van der Waals surface area contributed by atoms with E-state index < -0.39 is 6.10 Å². The Morgan fingerprint density at radius 1 is 1.50 bits per heavy atom. The van der Waals surface area contributed by atoms with Crippen LogP contribution in [0.4, 0.5) is 4.39 Å². The van der Waals surface area contributed by atoms with Gasteiger partial charge >= 0.3 is 0 Å². The second-order valence-electron chi connectivity index (χ2n) is 3.36. The molecule has 16 heavy (non-hydrogen) atoms. The van der Waals surface area contributed by atoms with Gasteiger partial charge in [-0.1, -0.05) is 17.7 Å². The minimum absolute atomic E-state index is 0.337. The predicted molar refractivity (Wildman–Crippen MR) is 62.2 cm³/mol. The number of aliphatic hydroxyl groups excluding tert-OH is 1. The number of rotatable bonds is 3. The second kappa shape index (κ2) is 4.91. The van der Waals surface area contributed by atoms with Gasteiger partial charge in [0.05, 0.1) is 16.5 Å². The molecule has 5 heteroatoms. The van der Waals surface area contributed by atoms with Gasteiger partial charge in [0.1, 0.15) is 5.82 Å². The first-order valence-corrected chi connectivity index (χ1v) is 5.93. The zero-order valence-corrected chi connectivity index (χ0v) is 9.80. The summed E-state index contributed by atoms with van der Waals surface area (Å²) in [4.78, 5) is 4.67. The van der Waals surface area contributed by atoms with Crippen molar-refractivity contribution in [2.45, 2.75) is 12.5 Å². The molecule has 0 aliphatic rings. The van der Waals surface area contributed by atoms with E-state index in [2.05, 4.69) is 4.98 Å². The number of benzene rings is 1. The van der Waals surface area contributed by atoms with Crippen LogP contribution in [-0.4, -0.2) is 10.1 Å². The molecule has 1 aromatic carbocycles. The molecular formula is C11H9ClFNOS. The van der Waals surface area contributed by atoms with Gasteiger partial charge in [0.2, 0.25) is 0 Å². The van der Waals surface area contributed by atoms with Gasteiger partial charge in [0, 0.05) is 17.6 Å². The van der Waals surface area contributed by atoms with Crippen molar-refractivity contribution < 1.29 is 9.50 Å². The van der Waals surface area contributed by atoms with Crippen molar-refractivity contribution in [2.75, 3.05) is 0 Å². The van der Waals surface area contributed by atoms with Gasteiger partial charge in [0.15, 0.2) is 0 Å². The highest BCUT2D eigenvalue weighted by Gasteiger charge is 2.12. The van der Waals surface area contributed by atoms with Crippen molar-refractivity contribution in [3.63, 3.8) is 0 Å². The first-order chi connectivity index (χ1) is 7.66. The first kappa shape index (κ1) is 11.5. The number of nitrogens with zero attached hydrogens (tertiary/aromatic N) is 1. The maximum absolute atomic E-state index is 12.8. The molecular weight excluding hydrogens is 249 g/mol. The summed E-state index contributed by atoms with van der Waals surface area (Å²) in [5.41, 5.74) is 2.38.